The van der Waals surface area contributed by atoms with Crippen molar-refractivity contribution in [2.24, 2.45) is 4.99 Å². The first kappa shape index (κ1) is 23.4. The number of rotatable bonds is 12. The van der Waals surface area contributed by atoms with Gasteiger partial charge in [0, 0.05) is 38.9 Å². The van der Waals surface area contributed by atoms with Crippen molar-refractivity contribution in [3.63, 3.8) is 0 Å². The Kier molecular flexibility index (Phi) is 11.1. The minimum absolute atomic E-state index is 0.0625. The zero-order valence-electron chi connectivity index (χ0n) is 18.1. The molecule has 2 aromatic carbocycles. The summed E-state index contributed by atoms with van der Waals surface area (Å²) in [7, 11) is 1.64. The third kappa shape index (κ3) is 9.09. The number of guanidine groups is 1. The summed E-state index contributed by atoms with van der Waals surface area (Å²) in [6.45, 7) is 5.80. The predicted octanol–water partition coefficient (Wildman–Crippen LogP) is 3.14. The normalized spacial score (nSPS) is 11.2. The SMILES string of the molecule is CCNC(=NCCCCOCc1ccccc1)NCCc1cccc(C(=O)NC)c1. The molecule has 30 heavy (non-hydrogen) atoms. The molecule has 0 heterocycles. The lowest BCUT2D eigenvalue weighted by Gasteiger charge is -2.12. The van der Waals surface area contributed by atoms with E-state index in [0.29, 0.717) is 12.2 Å². The lowest BCUT2D eigenvalue weighted by molar-refractivity contribution is 0.0963. The van der Waals surface area contributed by atoms with Gasteiger partial charge < -0.3 is 20.7 Å². The van der Waals surface area contributed by atoms with Crippen molar-refractivity contribution >= 4 is 11.9 Å². The van der Waals surface area contributed by atoms with E-state index < -0.39 is 0 Å². The second-order valence-corrected chi connectivity index (χ2v) is 6.96. The molecule has 0 atom stereocenters. The van der Waals surface area contributed by atoms with Crippen LogP contribution in [0.5, 0.6) is 0 Å². The van der Waals surface area contributed by atoms with Crippen LogP contribution in [-0.4, -0.2) is 45.2 Å². The number of amides is 1. The zero-order chi connectivity index (χ0) is 21.4. The highest BCUT2D eigenvalue weighted by Crippen LogP contribution is 2.06. The van der Waals surface area contributed by atoms with Gasteiger partial charge in [0.1, 0.15) is 0 Å². The number of ether oxygens (including phenoxy) is 1. The van der Waals surface area contributed by atoms with E-state index in [1.165, 1.54) is 5.56 Å². The maximum atomic E-state index is 11.8. The van der Waals surface area contributed by atoms with E-state index in [9.17, 15) is 4.79 Å². The summed E-state index contributed by atoms with van der Waals surface area (Å²) in [6, 6.07) is 17.9. The fraction of sp³-hybridized carbons (Fsp3) is 0.417. The summed E-state index contributed by atoms with van der Waals surface area (Å²) < 4.78 is 5.71. The van der Waals surface area contributed by atoms with Crippen LogP contribution in [0.4, 0.5) is 0 Å². The van der Waals surface area contributed by atoms with Gasteiger partial charge in [0.25, 0.3) is 5.91 Å². The Hall–Kier alpha value is -2.86. The van der Waals surface area contributed by atoms with E-state index in [0.717, 1.165) is 57.0 Å². The fourth-order valence-electron chi connectivity index (χ4n) is 2.95. The third-order valence-electron chi connectivity index (χ3n) is 4.54. The van der Waals surface area contributed by atoms with Crippen LogP contribution < -0.4 is 16.0 Å². The third-order valence-corrected chi connectivity index (χ3v) is 4.54. The Morgan fingerprint density at radius 1 is 1.00 bits per heavy atom. The number of nitrogens with one attached hydrogen (secondary N) is 3. The molecule has 0 aliphatic carbocycles. The summed E-state index contributed by atoms with van der Waals surface area (Å²) in [4.78, 5) is 16.4. The molecule has 0 fully saturated rings. The van der Waals surface area contributed by atoms with Gasteiger partial charge in [-0.25, -0.2) is 0 Å². The molecular weight excluding hydrogens is 376 g/mol. The van der Waals surface area contributed by atoms with Crippen LogP contribution in [0.25, 0.3) is 0 Å². The molecule has 0 aromatic heterocycles. The van der Waals surface area contributed by atoms with Crippen molar-refractivity contribution in [1.82, 2.24) is 16.0 Å². The fourth-order valence-corrected chi connectivity index (χ4v) is 2.95. The quantitative estimate of drug-likeness (QED) is 0.285. The smallest absolute Gasteiger partial charge is 0.251 e. The summed E-state index contributed by atoms with van der Waals surface area (Å²) in [6.07, 6.45) is 2.80. The topological polar surface area (TPSA) is 74.8 Å². The maximum Gasteiger partial charge on any atom is 0.251 e. The van der Waals surface area contributed by atoms with Crippen LogP contribution in [0.3, 0.4) is 0 Å². The zero-order valence-corrected chi connectivity index (χ0v) is 18.1. The number of unbranched alkanes of at least 4 members (excludes halogenated alkanes) is 1. The number of aliphatic imine (C=N–C) groups is 1. The van der Waals surface area contributed by atoms with Crippen LogP contribution in [0.15, 0.2) is 59.6 Å². The molecule has 3 N–H and O–H groups in total. The van der Waals surface area contributed by atoms with Crippen molar-refractivity contribution in [2.45, 2.75) is 32.8 Å². The van der Waals surface area contributed by atoms with Gasteiger partial charge >= 0.3 is 0 Å². The first-order valence-electron chi connectivity index (χ1n) is 10.7. The van der Waals surface area contributed by atoms with E-state index in [-0.39, 0.29) is 5.91 Å². The largest absolute Gasteiger partial charge is 0.377 e. The summed E-state index contributed by atoms with van der Waals surface area (Å²) >= 11 is 0. The highest BCUT2D eigenvalue weighted by atomic mass is 16.5. The van der Waals surface area contributed by atoms with Crippen molar-refractivity contribution in [1.29, 1.82) is 0 Å². The Balaban J connectivity index is 1.65. The molecule has 0 aliphatic rings. The molecule has 0 bridgehead atoms. The van der Waals surface area contributed by atoms with Gasteiger partial charge in [0.05, 0.1) is 6.61 Å². The molecule has 6 heteroatoms. The van der Waals surface area contributed by atoms with Crippen LogP contribution in [0.2, 0.25) is 0 Å². The van der Waals surface area contributed by atoms with Gasteiger partial charge in [0.2, 0.25) is 0 Å². The number of hydrogen-bond acceptors (Lipinski definition) is 3. The summed E-state index contributed by atoms with van der Waals surface area (Å²) in [5, 5.41) is 9.29. The second kappa shape index (κ2) is 14.2. The van der Waals surface area contributed by atoms with E-state index in [2.05, 4.69) is 40.0 Å². The van der Waals surface area contributed by atoms with Gasteiger partial charge in [-0.1, -0.05) is 42.5 Å². The highest BCUT2D eigenvalue weighted by molar-refractivity contribution is 5.94. The monoisotopic (exact) mass is 410 g/mol. The molecule has 0 spiro atoms. The number of nitrogens with zero attached hydrogens (tertiary/aromatic N) is 1. The van der Waals surface area contributed by atoms with Crippen molar-refractivity contribution in [3.05, 3.63) is 71.3 Å². The second-order valence-electron chi connectivity index (χ2n) is 6.96. The molecule has 162 valence electrons. The first-order valence-corrected chi connectivity index (χ1v) is 10.7. The van der Waals surface area contributed by atoms with E-state index in [1.54, 1.807) is 7.05 Å². The molecule has 0 saturated carbocycles. The van der Waals surface area contributed by atoms with Gasteiger partial charge in [0.15, 0.2) is 5.96 Å². The van der Waals surface area contributed by atoms with Gasteiger partial charge in [-0.3, -0.25) is 9.79 Å². The number of hydrogen-bond donors (Lipinski definition) is 3. The van der Waals surface area contributed by atoms with Gasteiger partial charge in [-0.15, -0.1) is 0 Å². The van der Waals surface area contributed by atoms with E-state index in [4.69, 9.17) is 4.74 Å². The van der Waals surface area contributed by atoms with Gasteiger partial charge in [-0.2, -0.15) is 0 Å². The lowest BCUT2D eigenvalue weighted by atomic mass is 10.1. The standard InChI is InChI=1S/C24H34N4O2/c1-3-26-24(27-15-7-8-17-30-19-21-10-5-4-6-11-21)28-16-14-20-12-9-13-22(18-20)23(29)25-2/h4-6,9-13,18H,3,7-8,14-17,19H2,1-2H3,(H,25,29)(H2,26,27,28). The molecule has 0 saturated heterocycles. The number of carbonyl (C=O) groups excluding carboxylic acids is 1. The minimum atomic E-state index is -0.0625. The van der Waals surface area contributed by atoms with E-state index >= 15 is 0 Å². The molecule has 0 unspecified atom stereocenters. The van der Waals surface area contributed by atoms with E-state index in [1.807, 2.05) is 42.5 Å². The number of carbonyl (C=O) groups is 1. The average Bonchev–Trinajstić information content (AvgIpc) is 2.78. The summed E-state index contributed by atoms with van der Waals surface area (Å²) in [5.41, 5.74) is 3.01. The summed E-state index contributed by atoms with van der Waals surface area (Å²) in [5.74, 6) is 0.762. The Morgan fingerprint density at radius 3 is 2.57 bits per heavy atom. The molecule has 2 rings (SSSR count). The van der Waals surface area contributed by atoms with Crippen LogP contribution in [0.1, 0.15) is 41.3 Å². The van der Waals surface area contributed by atoms with Crippen molar-refractivity contribution in [3.8, 4) is 0 Å². The van der Waals surface area contributed by atoms with Crippen molar-refractivity contribution < 1.29 is 9.53 Å². The number of benzene rings is 2. The molecule has 1 amide bonds. The average molecular weight is 411 g/mol. The maximum absolute atomic E-state index is 11.8. The highest BCUT2D eigenvalue weighted by Gasteiger charge is 2.04. The Morgan fingerprint density at radius 2 is 1.80 bits per heavy atom. The molecule has 0 aliphatic heterocycles. The Bertz CT molecular complexity index is 778. The molecule has 2 aromatic rings. The first-order chi connectivity index (χ1) is 14.7. The van der Waals surface area contributed by atoms with Crippen LogP contribution in [0, 0.1) is 0 Å². The molecule has 6 nitrogen and oxygen atoms in total. The van der Waals surface area contributed by atoms with Crippen LogP contribution >= 0.6 is 0 Å². The minimum Gasteiger partial charge on any atom is -0.377 e. The van der Waals surface area contributed by atoms with Crippen LogP contribution in [-0.2, 0) is 17.8 Å². The predicted molar refractivity (Wildman–Crippen MR) is 123 cm³/mol. The lowest BCUT2D eigenvalue weighted by Crippen LogP contribution is -2.38. The van der Waals surface area contributed by atoms with Crippen molar-refractivity contribution in [2.75, 3.05) is 33.3 Å². The molecule has 0 radical (unpaired) electrons. The Labute approximate surface area is 180 Å². The molecular formula is C24H34N4O2. The van der Waals surface area contributed by atoms with Gasteiger partial charge in [-0.05, 0) is 49.4 Å².